The average molecular weight is 366 g/mol. The molecule has 3 fully saturated rings. The summed E-state index contributed by atoms with van der Waals surface area (Å²) in [6.07, 6.45) is 5.15. The Morgan fingerprint density at radius 2 is 1.72 bits per heavy atom. The first-order chi connectivity index (χ1) is 12.0. The molecule has 3 saturated heterocycles. The molecule has 0 spiro atoms. The number of rotatable bonds is 2. The van der Waals surface area contributed by atoms with Gasteiger partial charge in [0.25, 0.3) is 5.91 Å². The summed E-state index contributed by atoms with van der Waals surface area (Å²) in [5, 5.41) is -0.0678. The molecule has 4 nitrogen and oxygen atoms in total. The summed E-state index contributed by atoms with van der Waals surface area (Å²) >= 11 is 5.97. The first kappa shape index (κ1) is 17.3. The van der Waals surface area contributed by atoms with E-state index in [2.05, 4.69) is 16.8 Å². The largest absolute Gasteiger partial charge is 0.336 e. The summed E-state index contributed by atoms with van der Waals surface area (Å²) in [6, 6.07) is 6.53. The number of hydrogen-bond acceptors (Lipinski definition) is 3. The van der Waals surface area contributed by atoms with Gasteiger partial charge in [-0.1, -0.05) is 17.7 Å². The fourth-order valence-corrected chi connectivity index (χ4v) is 5.02. The molecule has 6 heteroatoms. The van der Waals surface area contributed by atoms with Crippen molar-refractivity contribution in [1.29, 1.82) is 0 Å². The zero-order valence-corrected chi connectivity index (χ0v) is 15.4. The lowest BCUT2D eigenvalue weighted by Gasteiger charge is -2.45. The van der Waals surface area contributed by atoms with Crippen LogP contribution in [0.3, 0.4) is 0 Å². The van der Waals surface area contributed by atoms with Crippen molar-refractivity contribution in [2.24, 2.45) is 0 Å². The molecule has 2 unspecified atom stereocenters. The van der Waals surface area contributed by atoms with Crippen molar-refractivity contribution in [3.05, 3.63) is 34.6 Å². The van der Waals surface area contributed by atoms with Crippen molar-refractivity contribution < 1.29 is 9.18 Å². The highest BCUT2D eigenvalue weighted by Gasteiger charge is 2.41. The maximum Gasteiger partial charge on any atom is 0.255 e. The van der Waals surface area contributed by atoms with Gasteiger partial charge < -0.3 is 9.80 Å². The molecule has 0 aromatic heterocycles. The molecule has 136 valence electrons. The SMILES string of the molecule is CN1C2CCC1CC(N1CCN(C(=O)c3cccc(F)c3Cl)CC1)C2. The second-order valence-corrected chi connectivity index (χ2v) is 7.98. The minimum atomic E-state index is -0.534. The van der Waals surface area contributed by atoms with Gasteiger partial charge in [-0.05, 0) is 44.9 Å². The second kappa shape index (κ2) is 6.86. The van der Waals surface area contributed by atoms with Gasteiger partial charge in [-0.2, -0.15) is 0 Å². The number of carbonyl (C=O) groups excluding carboxylic acids is 1. The first-order valence-corrected chi connectivity index (χ1v) is 9.61. The van der Waals surface area contributed by atoms with Gasteiger partial charge in [-0.3, -0.25) is 9.69 Å². The van der Waals surface area contributed by atoms with Crippen LogP contribution >= 0.6 is 11.6 Å². The Morgan fingerprint density at radius 3 is 2.36 bits per heavy atom. The molecule has 1 amide bonds. The van der Waals surface area contributed by atoms with Crippen LogP contribution in [-0.2, 0) is 0 Å². The van der Waals surface area contributed by atoms with Crippen molar-refractivity contribution in [3.8, 4) is 0 Å². The van der Waals surface area contributed by atoms with Crippen molar-refractivity contribution in [1.82, 2.24) is 14.7 Å². The first-order valence-electron chi connectivity index (χ1n) is 9.24. The molecule has 0 N–H and O–H groups in total. The van der Waals surface area contributed by atoms with Gasteiger partial charge >= 0.3 is 0 Å². The van der Waals surface area contributed by atoms with Crippen molar-refractivity contribution in [3.63, 3.8) is 0 Å². The molecule has 3 aliphatic heterocycles. The molecule has 2 bridgehead atoms. The van der Waals surface area contributed by atoms with Crippen LogP contribution < -0.4 is 0 Å². The third-order valence-electron chi connectivity index (χ3n) is 6.37. The normalized spacial score (nSPS) is 30.7. The number of benzene rings is 1. The summed E-state index contributed by atoms with van der Waals surface area (Å²) in [5.74, 6) is -0.694. The zero-order chi connectivity index (χ0) is 17.6. The van der Waals surface area contributed by atoms with Crippen LogP contribution in [0.2, 0.25) is 5.02 Å². The number of fused-ring (bicyclic) bond motifs is 2. The second-order valence-electron chi connectivity index (χ2n) is 7.61. The van der Waals surface area contributed by atoms with E-state index in [1.54, 1.807) is 17.0 Å². The number of carbonyl (C=O) groups is 1. The summed E-state index contributed by atoms with van der Waals surface area (Å²) in [7, 11) is 2.26. The summed E-state index contributed by atoms with van der Waals surface area (Å²) < 4.78 is 13.6. The summed E-state index contributed by atoms with van der Waals surface area (Å²) in [4.78, 5) is 19.6. The topological polar surface area (TPSA) is 26.8 Å². The van der Waals surface area contributed by atoms with Gasteiger partial charge in [-0.25, -0.2) is 4.39 Å². The molecule has 2 atom stereocenters. The van der Waals surface area contributed by atoms with E-state index in [1.165, 1.54) is 31.7 Å². The molecule has 0 aliphatic carbocycles. The lowest BCUT2D eigenvalue weighted by atomic mass is 9.96. The Labute approximate surface area is 153 Å². The Balaban J connectivity index is 1.37. The summed E-state index contributed by atoms with van der Waals surface area (Å²) in [6.45, 7) is 3.17. The van der Waals surface area contributed by atoms with Crippen molar-refractivity contribution in [2.45, 2.75) is 43.8 Å². The van der Waals surface area contributed by atoms with E-state index < -0.39 is 5.82 Å². The third kappa shape index (κ3) is 3.18. The molecule has 1 aromatic rings. The van der Waals surface area contributed by atoms with Crippen LogP contribution in [0, 0.1) is 5.82 Å². The third-order valence-corrected chi connectivity index (χ3v) is 6.76. The highest BCUT2D eigenvalue weighted by atomic mass is 35.5. The van der Waals surface area contributed by atoms with Crippen LogP contribution in [0.5, 0.6) is 0 Å². The van der Waals surface area contributed by atoms with Crippen molar-refractivity contribution >= 4 is 17.5 Å². The molecule has 4 rings (SSSR count). The van der Waals surface area contributed by atoms with Crippen LogP contribution in [0.25, 0.3) is 0 Å². The fraction of sp³-hybridized carbons (Fsp3) is 0.632. The number of halogens is 2. The van der Waals surface area contributed by atoms with Crippen LogP contribution in [-0.4, -0.2) is 72.0 Å². The predicted octanol–water partition coefficient (Wildman–Crippen LogP) is 2.86. The van der Waals surface area contributed by atoms with Gasteiger partial charge in [0.1, 0.15) is 5.82 Å². The van der Waals surface area contributed by atoms with Crippen LogP contribution in [0.1, 0.15) is 36.0 Å². The quantitative estimate of drug-likeness (QED) is 0.806. The zero-order valence-electron chi connectivity index (χ0n) is 14.6. The Bertz CT molecular complexity index is 648. The van der Waals surface area contributed by atoms with Crippen LogP contribution in [0.4, 0.5) is 4.39 Å². The van der Waals surface area contributed by atoms with Gasteiger partial charge in [0.05, 0.1) is 10.6 Å². The predicted molar refractivity (Wildman–Crippen MR) is 96.5 cm³/mol. The summed E-state index contributed by atoms with van der Waals surface area (Å²) in [5.41, 5.74) is 0.271. The number of amides is 1. The van der Waals surface area contributed by atoms with Gasteiger partial charge in [-0.15, -0.1) is 0 Å². The maximum atomic E-state index is 13.6. The molecule has 0 radical (unpaired) electrons. The average Bonchev–Trinajstić information content (AvgIpc) is 2.84. The van der Waals surface area contributed by atoms with E-state index in [9.17, 15) is 9.18 Å². The van der Waals surface area contributed by atoms with E-state index in [1.807, 2.05) is 0 Å². The van der Waals surface area contributed by atoms with E-state index in [0.717, 1.165) is 25.2 Å². The van der Waals surface area contributed by atoms with Gasteiger partial charge in [0.2, 0.25) is 0 Å². The highest BCUT2D eigenvalue weighted by Crippen LogP contribution is 2.36. The lowest BCUT2D eigenvalue weighted by Crippen LogP contribution is -2.55. The lowest BCUT2D eigenvalue weighted by molar-refractivity contribution is 0.0343. The molecule has 3 heterocycles. The number of hydrogen-bond donors (Lipinski definition) is 0. The van der Waals surface area contributed by atoms with E-state index in [0.29, 0.717) is 19.1 Å². The fourth-order valence-electron chi connectivity index (χ4n) is 4.81. The Kier molecular flexibility index (Phi) is 4.73. The van der Waals surface area contributed by atoms with Gasteiger partial charge in [0, 0.05) is 44.3 Å². The molecule has 3 aliphatic rings. The number of nitrogens with zero attached hydrogens (tertiary/aromatic N) is 3. The minimum Gasteiger partial charge on any atom is -0.336 e. The van der Waals surface area contributed by atoms with Crippen LogP contribution in [0.15, 0.2) is 18.2 Å². The van der Waals surface area contributed by atoms with E-state index in [-0.39, 0.29) is 16.5 Å². The Morgan fingerprint density at radius 1 is 1.08 bits per heavy atom. The highest BCUT2D eigenvalue weighted by molar-refractivity contribution is 6.34. The molecule has 1 aromatic carbocycles. The van der Waals surface area contributed by atoms with Gasteiger partial charge in [0.15, 0.2) is 0 Å². The Hall–Kier alpha value is -1.17. The number of piperidine rings is 1. The maximum absolute atomic E-state index is 13.6. The standard InChI is InChI=1S/C19H25ClFN3O/c1-22-13-5-6-14(22)12-15(11-13)23-7-9-24(10-8-23)19(25)16-3-2-4-17(21)18(16)20/h2-4,13-15H,5-12H2,1H3. The molecule has 25 heavy (non-hydrogen) atoms. The molecule has 0 saturated carbocycles. The van der Waals surface area contributed by atoms with E-state index >= 15 is 0 Å². The molecular weight excluding hydrogens is 341 g/mol. The van der Waals surface area contributed by atoms with E-state index in [4.69, 9.17) is 11.6 Å². The monoisotopic (exact) mass is 365 g/mol. The minimum absolute atomic E-state index is 0.0678. The molecular formula is C19H25ClFN3O. The number of piperazine rings is 1. The smallest absolute Gasteiger partial charge is 0.255 e. The van der Waals surface area contributed by atoms with Crippen molar-refractivity contribution in [2.75, 3.05) is 33.2 Å².